The summed E-state index contributed by atoms with van der Waals surface area (Å²) in [5.41, 5.74) is 1.32. The van der Waals surface area contributed by atoms with Gasteiger partial charge in [0, 0.05) is 12.0 Å². The lowest BCUT2D eigenvalue weighted by atomic mass is 9.93. The lowest BCUT2D eigenvalue weighted by molar-refractivity contribution is 0.0953. The second-order valence-corrected chi connectivity index (χ2v) is 8.65. The van der Waals surface area contributed by atoms with E-state index in [-0.39, 0.29) is 11.4 Å². The first-order valence-corrected chi connectivity index (χ1v) is 10.2. The molecule has 0 bridgehead atoms. The van der Waals surface area contributed by atoms with Crippen molar-refractivity contribution in [3.8, 4) is 0 Å². The highest BCUT2D eigenvalue weighted by Gasteiger charge is 2.50. The van der Waals surface area contributed by atoms with E-state index in [9.17, 15) is 13.5 Å². The maximum absolute atomic E-state index is 12.7. The monoisotopic (exact) mass is 375 g/mol. The molecule has 1 aliphatic heterocycles. The predicted molar refractivity (Wildman–Crippen MR) is 96.2 cm³/mol. The molecule has 6 nitrogen and oxygen atoms in total. The van der Waals surface area contributed by atoms with Gasteiger partial charge in [0.2, 0.25) is 10.0 Å². The largest absolute Gasteiger partial charge is 0.388 e. The number of rotatable bonds is 6. The second kappa shape index (κ2) is 6.14. The van der Waals surface area contributed by atoms with Crippen molar-refractivity contribution in [2.75, 3.05) is 6.54 Å². The van der Waals surface area contributed by atoms with Gasteiger partial charge in [0.05, 0.1) is 17.5 Å². The molecule has 4 rings (SSSR count). The van der Waals surface area contributed by atoms with Crippen LogP contribution in [0.25, 0.3) is 0 Å². The van der Waals surface area contributed by atoms with Crippen LogP contribution in [0, 0.1) is 5.41 Å². The Bertz CT molecular complexity index is 979. The summed E-state index contributed by atoms with van der Waals surface area (Å²) in [6.07, 6.45) is 0.885. The van der Waals surface area contributed by atoms with Gasteiger partial charge in [0.25, 0.3) is 0 Å². The maximum Gasteiger partial charge on any atom is 0.242 e. The minimum Gasteiger partial charge on any atom is -0.388 e. The van der Waals surface area contributed by atoms with E-state index in [4.69, 9.17) is 0 Å². The van der Waals surface area contributed by atoms with Crippen molar-refractivity contribution in [2.45, 2.75) is 23.8 Å². The SMILES string of the molecule is O=S(=O)(NCC1([C@H](O)c2ccccc2)CC1)c1cccc2c1N=S=N2. The average Bonchev–Trinajstić information content (AvgIpc) is 3.28. The molecule has 8 heteroatoms. The summed E-state index contributed by atoms with van der Waals surface area (Å²) in [5.74, 6) is 0. The number of aliphatic hydroxyl groups is 1. The summed E-state index contributed by atoms with van der Waals surface area (Å²) < 4.78 is 36.3. The minimum atomic E-state index is -3.72. The molecule has 0 amide bonds. The van der Waals surface area contributed by atoms with Gasteiger partial charge in [-0.15, -0.1) is 0 Å². The van der Waals surface area contributed by atoms with Gasteiger partial charge >= 0.3 is 0 Å². The van der Waals surface area contributed by atoms with Crippen molar-refractivity contribution >= 4 is 32.8 Å². The van der Waals surface area contributed by atoms with Crippen LogP contribution in [0.4, 0.5) is 11.4 Å². The minimum absolute atomic E-state index is 0.128. The molecule has 0 radical (unpaired) electrons. The molecule has 0 aromatic heterocycles. The zero-order valence-electron chi connectivity index (χ0n) is 13.3. The Kier molecular flexibility index (Phi) is 4.07. The Hall–Kier alpha value is -1.87. The molecule has 1 atom stereocenters. The Balaban J connectivity index is 1.53. The first-order chi connectivity index (χ1) is 12.0. The highest BCUT2D eigenvalue weighted by atomic mass is 32.2. The molecule has 2 N–H and O–H groups in total. The molecule has 1 saturated carbocycles. The van der Waals surface area contributed by atoms with Gasteiger partial charge in [-0.2, -0.15) is 8.73 Å². The Morgan fingerprint density at radius 2 is 1.88 bits per heavy atom. The first-order valence-electron chi connectivity index (χ1n) is 7.96. The number of benzene rings is 2. The number of fused-ring (bicyclic) bond motifs is 1. The van der Waals surface area contributed by atoms with Crippen molar-refractivity contribution in [3.05, 3.63) is 54.1 Å². The quantitative estimate of drug-likeness (QED) is 0.693. The standard InChI is InChI=1S/C17H17N3O3S2/c21-16(12-5-2-1-3-6-12)17(9-10-17)11-18-25(22,23)14-8-4-7-13-15(14)20-24-19-13/h1-8,16,18,21H,9-11H2/t16-/m1/s1. The summed E-state index contributed by atoms with van der Waals surface area (Å²) in [5, 5.41) is 10.7. The van der Waals surface area contributed by atoms with Crippen molar-refractivity contribution in [1.29, 1.82) is 0 Å². The van der Waals surface area contributed by atoms with Gasteiger partial charge in [-0.05, 0) is 30.5 Å². The highest BCUT2D eigenvalue weighted by molar-refractivity contribution is 7.89. The van der Waals surface area contributed by atoms with E-state index >= 15 is 0 Å². The van der Waals surface area contributed by atoms with Crippen LogP contribution in [0.2, 0.25) is 0 Å². The second-order valence-electron chi connectivity index (χ2n) is 6.39. The number of hydrogen-bond donors (Lipinski definition) is 2. The van der Waals surface area contributed by atoms with Crippen LogP contribution in [-0.4, -0.2) is 20.1 Å². The topological polar surface area (TPSA) is 91.1 Å². The van der Waals surface area contributed by atoms with E-state index in [1.165, 1.54) is 6.07 Å². The van der Waals surface area contributed by atoms with Gasteiger partial charge in [-0.25, -0.2) is 13.1 Å². The zero-order chi connectivity index (χ0) is 17.5. The van der Waals surface area contributed by atoms with Gasteiger partial charge in [-0.3, -0.25) is 0 Å². The molecule has 2 aliphatic rings. The van der Waals surface area contributed by atoms with E-state index < -0.39 is 21.5 Å². The molecule has 0 spiro atoms. The van der Waals surface area contributed by atoms with Crippen LogP contribution >= 0.6 is 0 Å². The lowest BCUT2D eigenvalue weighted by Gasteiger charge is -2.23. The summed E-state index contributed by atoms with van der Waals surface area (Å²) in [7, 11) is -3.72. The van der Waals surface area contributed by atoms with Crippen LogP contribution in [0.15, 0.2) is 62.2 Å². The van der Waals surface area contributed by atoms with E-state index in [1.54, 1.807) is 12.1 Å². The molecule has 25 heavy (non-hydrogen) atoms. The fourth-order valence-corrected chi connectivity index (χ4v) is 4.91. The van der Waals surface area contributed by atoms with Crippen LogP contribution in [0.5, 0.6) is 0 Å². The van der Waals surface area contributed by atoms with E-state index in [2.05, 4.69) is 13.4 Å². The van der Waals surface area contributed by atoms with Gasteiger partial charge in [-0.1, -0.05) is 36.4 Å². The highest BCUT2D eigenvalue weighted by Crippen LogP contribution is 2.54. The average molecular weight is 375 g/mol. The van der Waals surface area contributed by atoms with Crippen molar-refractivity contribution in [1.82, 2.24) is 4.72 Å². The van der Waals surface area contributed by atoms with E-state index in [1.807, 2.05) is 30.3 Å². The molecule has 2 aromatic carbocycles. The summed E-state index contributed by atoms with van der Waals surface area (Å²) in [6.45, 7) is 0.194. The Labute approximate surface area is 149 Å². The molecule has 1 fully saturated rings. The van der Waals surface area contributed by atoms with Crippen LogP contribution in [0.1, 0.15) is 24.5 Å². The molecule has 0 unspecified atom stereocenters. The van der Waals surface area contributed by atoms with Gasteiger partial charge in [0.1, 0.15) is 16.3 Å². The molecule has 0 saturated heterocycles. The van der Waals surface area contributed by atoms with Gasteiger partial charge < -0.3 is 5.11 Å². The summed E-state index contributed by atoms with van der Waals surface area (Å²) in [6, 6.07) is 14.3. The van der Waals surface area contributed by atoms with Crippen LogP contribution in [-0.2, 0) is 21.4 Å². The predicted octanol–water partition coefficient (Wildman–Crippen LogP) is 3.21. The molecular weight excluding hydrogens is 358 g/mol. The maximum atomic E-state index is 12.7. The van der Waals surface area contributed by atoms with E-state index in [0.717, 1.165) is 29.8 Å². The fraction of sp³-hybridized carbons (Fsp3) is 0.294. The molecule has 1 aliphatic carbocycles. The third-order valence-electron chi connectivity index (χ3n) is 4.74. The van der Waals surface area contributed by atoms with E-state index in [0.29, 0.717) is 11.4 Å². The molecule has 130 valence electrons. The molecule has 2 aromatic rings. The van der Waals surface area contributed by atoms with Crippen molar-refractivity contribution < 1.29 is 13.5 Å². The Morgan fingerprint density at radius 1 is 1.12 bits per heavy atom. The van der Waals surface area contributed by atoms with Gasteiger partial charge in [0.15, 0.2) is 0 Å². The van der Waals surface area contributed by atoms with Crippen LogP contribution < -0.4 is 4.72 Å². The number of nitrogens with zero attached hydrogens (tertiary/aromatic N) is 2. The lowest BCUT2D eigenvalue weighted by Crippen LogP contribution is -2.33. The molecular formula is C17H17N3O3S2. The number of sulfonamides is 1. The number of nitrogens with one attached hydrogen (secondary N) is 1. The summed E-state index contributed by atoms with van der Waals surface area (Å²) in [4.78, 5) is 0.128. The fourth-order valence-electron chi connectivity index (χ4n) is 3.01. The smallest absolute Gasteiger partial charge is 0.242 e. The normalized spacial score (nSPS) is 18.4. The van der Waals surface area contributed by atoms with Crippen LogP contribution in [0.3, 0.4) is 0 Å². The third kappa shape index (κ3) is 3.06. The number of hydrogen-bond acceptors (Lipinski definition) is 5. The first kappa shape index (κ1) is 16.6. The van der Waals surface area contributed by atoms with Crippen molar-refractivity contribution in [2.24, 2.45) is 14.1 Å². The molecule has 1 heterocycles. The summed E-state index contributed by atoms with van der Waals surface area (Å²) >= 11 is 0.989. The number of aliphatic hydroxyl groups excluding tert-OH is 1. The Morgan fingerprint density at radius 3 is 2.60 bits per heavy atom. The zero-order valence-corrected chi connectivity index (χ0v) is 14.9. The van der Waals surface area contributed by atoms with Crippen molar-refractivity contribution in [3.63, 3.8) is 0 Å². The third-order valence-corrected chi connectivity index (χ3v) is 6.72.